The van der Waals surface area contributed by atoms with E-state index in [2.05, 4.69) is 24.3 Å². The lowest BCUT2D eigenvalue weighted by atomic mass is 10.0. The first-order valence-electron chi connectivity index (χ1n) is 9.83. The predicted octanol–water partition coefficient (Wildman–Crippen LogP) is 3.79. The number of hydrogen-bond donors (Lipinski definition) is 2. The number of nitrogens with one attached hydrogen (secondary N) is 1. The fraction of sp³-hybridized carbons (Fsp3) is 0.273. The summed E-state index contributed by atoms with van der Waals surface area (Å²) in [6.07, 6.45) is 1.59. The van der Waals surface area contributed by atoms with Gasteiger partial charge in [-0.25, -0.2) is 13.1 Å². The molecule has 0 radical (unpaired) electrons. The van der Waals surface area contributed by atoms with Gasteiger partial charge in [0.05, 0.1) is 16.3 Å². The smallest absolute Gasteiger partial charge is 0.276 e. The zero-order chi connectivity index (χ0) is 22.6. The van der Waals surface area contributed by atoms with Crippen LogP contribution in [0.15, 0.2) is 59.6 Å². The molecule has 3 aromatic rings. The lowest BCUT2D eigenvalue weighted by Crippen LogP contribution is -2.15. The first-order valence-corrected chi connectivity index (χ1v) is 11.5. The van der Waals surface area contributed by atoms with Crippen LogP contribution in [0.4, 0.5) is 5.69 Å². The van der Waals surface area contributed by atoms with E-state index in [1.807, 2.05) is 24.3 Å². The largest absolute Gasteiger partial charge is 0.506 e. The quantitative estimate of drug-likeness (QED) is 0.513. The van der Waals surface area contributed by atoms with Gasteiger partial charge in [0.1, 0.15) is 11.5 Å². The molecule has 31 heavy (non-hydrogen) atoms. The van der Waals surface area contributed by atoms with Crippen molar-refractivity contribution in [1.82, 2.24) is 9.78 Å². The van der Waals surface area contributed by atoms with Crippen LogP contribution in [0, 0.1) is 0 Å². The first-order chi connectivity index (χ1) is 14.7. The molecule has 9 heteroatoms. The molecule has 1 amide bonds. The van der Waals surface area contributed by atoms with E-state index in [9.17, 15) is 18.3 Å². The van der Waals surface area contributed by atoms with E-state index in [0.29, 0.717) is 11.7 Å². The van der Waals surface area contributed by atoms with Gasteiger partial charge < -0.3 is 15.2 Å². The molecule has 2 aromatic carbocycles. The number of nitrogens with zero attached hydrogens (tertiary/aromatic N) is 2. The van der Waals surface area contributed by atoms with Crippen molar-refractivity contribution in [3.05, 3.63) is 66.0 Å². The fourth-order valence-corrected chi connectivity index (χ4v) is 3.71. The van der Waals surface area contributed by atoms with E-state index >= 15 is 0 Å². The number of hydrogen-bond acceptors (Lipinski definition) is 6. The molecule has 0 saturated heterocycles. The predicted molar refractivity (Wildman–Crippen MR) is 117 cm³/mol. The number of anilines is 1. The van der Waals surface area contributed by atoms with Crippen molar-refractivity contribution in [3.8, 4) is 11.5 Å². The van der Waals surface area contributed by atoms with E-state index in [4.69, 9.17) is 4.74 Å². The Morgan fingerprint density at radius 1 is 1.16 bits per heavy atom. The van der Waals surface area contributed by atoms with Crippen LogP contribution in [0.5, 0.6) is 11.5 Å². The molecule has 0 aliphatic heterocycles. The molecule has 0 aliphatic carbocycles. The van der Waals surface area contributed by atoms with Crippen molar-refractivity contribution in [3.63, 3.8) is 0 Å². The second-order valence-electron chi connectivity index (χ2n) is 7.27. The highest BCUT2D eigenvalue weighted by molar-refractivity contribution is 7.91. The van der Waals surface area contributed by atoms with Crippen LogP contribution in [0.2, 0.25) is 0 Å². The van der Waals surface area contributed by atoms with Gasteiger partial charge in [-0.1, -0.05) is 32.9 Å². The standard InChI is InChI=1S/C22H25N3O5S/c1-4-31(28,29)18-9-10-21(26)20(13-18)23-22(27)19-11-12-25(24-19)14-30-17-7-5-16(6-8-17)15(2)3/h5-13,15,26H,4,14H2,1-3H3,(H,23,27). The van der Waals surface area contributed by atoms with Gasteiger partial charge in [0.15, 0.2) is 22.3 Å². The Labute approximate surface area is 181 Å². The third kappa shape index (κ3) is 5.43. The van der Waals surface area contributed by atoms with Gasteiger partial charge in [-0.3, -0.25) is 4.79 Å². The van der Waals surface area contributed by atoms with Crippen LogP contribution in [0.3, 0.4) is 0 Å². The maximum absolute atomic E-state index is 12.5. The van der Waals surface area contributed by atoms with Crippen molar-refractivity contribution in [2.45, 2.75) is 38.3 Å². The van der Waals surface area contributed by atoms with Crippen molar-refractivity contribution in [2.24, 2.45) is 0 Å². The number of aromatic nitrogens is 2. The maximum atomic E-state index is 12.5. The number of phenolic OH excluding ortho intramolecular Hbond substituents is 1. The van der Waals surface area contributed by atoms with Gasteiger partial charge in [-0.05, 0) is 47.9 Å². The summed E-state index contributed by atoms with van der Waals surface area (Å²) in [4.78, 5) is 12.5. The number of amides is 1. The maximum Gasteiger partial charge on any atom is 0.276 e. The molecule has 2 N–H and O–H groups in total. The summed E-state index contributed by atoms with van der Waals surface area (Å²) in [7, 11) is -3.47. The Bertz CT molecular complexity index is 1170. The lowest BCUT2D eigenvalue weighted by molar-refractivity contribution is 0.101. The summed E-state index contributed by atoms with van der Waals surface area (Å²) in [5.74, 6) is 0.209. The van der Waals surface area contributed by atoms with E-state index in [0.717, 1.165) is 0 Å². The zero-order valence-corrected chi connectivity index (χ0v) is 18.4. The molecule has 8 nitrogen and oxygen atoms in total. The molecule has 0 saturated carbocycles. The highest BCUT2D eigenvalue weighted by atomic mass is 32.2. The molecule has 3 rings (SSSR count). The van der Waals surface area contributed by atoms with Gasteiger partial charge in [0.25, 0.3) is 5.91 Å². The molecule has 164 valence electrons. The third-order valence-corrected chi connectivity index (χ3v) is 6.47. The average molecular weight is 444 g/mol. The van der Waals surface area contributed by atoms with Crippen LogP contribution >= 0.6 is 0 Å². The second kappa shape index (κ2) is 9.22. The summed E-state index contributed by atoms with van der Waals surface area (Å²) in [5, 5.41) is 16.6. The number of aromatic hydroxyl groups is 1. The van der Waals surface area contributed by atoms with E-state index in [-0.39, 0.29) is 34.5 Å². The Balaban J connectivity index is 1.66. The highest BCUT2D eigenvalue weighted by Crippen LogP contribution is 2.27. The molecule has 0 atom stereocenters. The highest BCUT2D eigenvalue weighted by Gasteiger charge is 2.17. The molecule has 0 fully saturated rings. The minimum Gasteiger partial charge on any atom is -0.506 e. The number of carbonyl (C=O) groups excluding carboxylic acids is 1. The van der Waals surface area contributed by atoms with Crippen LogP contribution in [0.25, 0.3) is 0 Å². The number of ether oxygens (including phenoxy) is 1. The van der Waals surface area contributed by atoms with E-state index in [1.54, 1.807) is 6.20 Å². The Morgan fingerprint density at radius 3 is 2.52 bits per heavy atom. The van der Waals surface area contributed by atoms with Crippen LogP contribution in [0.1, 0.15) is 42.7 Å². The molecule has 0 spiro atoms. The SMILES string of the molecule is CCS(=O)(=O)c1ccc(O)c(NC(=O)c2ccn(COc3ccc(C(C)C)cc3)n2)c1. The number of sulfone groups is 1. The molecule has 1 aromatic heterocycles. The Kier molecular flexibility index (Phi) is 6.65. The van der Waals surface area contributed by atoms with Crippen molar-refractivity contribution in [1.29, 1.82) is 0 Å². The average Bonchev–Trinajstić information content (AvgIpc) is 3.23. The van der Waals surface area contributed by atoms with E-state index in [1.165, 1.54) is 41.4 Å². The minimum atomic E-state index is -3.47. The molecule has 1 heterocycles. The van der Waals surface area contributed by atoms with Gasteiger partial charge >= 0.3 is 0 Å². The van der Waals surface area contributed by atoms with Gasteiger partial charge in [0, 0.05) is 6.20 Å². The lowest BCUT2D eigenvalue weighted by Gasteiger charge is -2.09. The first kappa shape index (κ1) is 22.4. The summed E-state index contributed by atoms with van der Waals surface area (Å²) in [5.41, 5.74) is 1.31. The van der Waals surface area contributed by atoms with Crippen LogP contribution in [-0.2, 0) is 16.6 Å². The van der Waals surface area contributed by atoms with Gasteiger partial charge in [-0.15, -0.1) is 0 Å². The third-order valence-electron chi connectivity index (χ3n) is 4.74. The van der Waals surface area contributed by atoms with Crippen LogP contribution < -0.4 is 10.1 Å². The van der Waals surface area contributed by atoms with Crippen molar-refractivity contribution >= 4 is 21.4 Å². The second-order valence-corrected chi connectivity index (χ2v) is 9.55. The summed E-state index contributed by atoms with van der Waals surface area (Å²) >= 11 is 0. The molecule has 0 aliphatic rings. The topological polar surface area (TPSA) is 111 Å². The summed E-state index contributed by atoms with van der Waals surface area (Å²) in [6.45, 7) is 5.87. The van der Waals surface area contributed by atoms with Crippen LogP contribution in [-0.4, -0.2) is 35.0 Å². The number of phenols is 1. The molecular formula is C22H25N3O5S. The fourth-order valence-electron chi connectivity index (χ4n) is 2.81. The Hall–Kier alpha value is -3.33. The minimum absolute atomic E-state index is 0.00410. The monoisotopic (exact) mass is 443 g/mol. The number of benzene rings is 2. The van der Waals surface area contributed by atoms with Gasteiger partial charge in [-0.2, -0.15) is 5.10 Å². The summed E-state index contributed by atoms with van der Waals surface area (Å²) in [6, 6.07) is 13.0. The number of rotatable bonds is 8. The molecule has 0 bridgehead atoms. The van der Waals surface area contributed by atoms with Crippen molar-refractivity contribution < 1.29 is 23.1 Å². The molecule has 0 unspecified atom stereocenters. The zero-order valence-electron chi connectivity index (χ0n) is 17.6. The van der Waals surface area contributed by atoms with Crippen molar-refractivity contribution in [2.75, 3.05) is 11.1 Å². The molecular weight excluding hydrogens is 418 g/mol. The normalized spacial score (nSPS) is 11.5. The van der Waals surface area contributed by atoms with Gasteiger partial charge in [0.2, 0.25) is 0 Å². The Morgan fingerprint density at radius 2 is 1.87 bits per heavy atom. The number of carbonyl (C=O) groups is 1. The van der Waals surface area contributed by atoms with E-state index < -0.39 is 15.7 Å². The summed E-state index contributed by atoms with van der Waals surface area (Å²) < 4.78 is 31.2.